The molecular weight excluding hydrogens is 372 g/mol. The molecule has 0 unspecified atom stereocenters. The quantitative estimate of drug-likeness (QED) is 0.811. The van der Waals surface area contributed by atoms with Crippen molar-refractivity contribution in [2.45, 2.75) is 44.2 Å². The summed E-state index contributed by atoms with van der Waals surface area (Å²) in [6.45, 7) is 2.34. The fourth-order valence-electron chi connectivity index (χ4n) is 4.60. The number of fused-ring (bicyclic) bond motifs is 1. The molecule has 2 N–H and O–H groups in total. The van der Waals surface area contributed by atoms with Crippen molar-refractivity contribution < 1.29 is 13.6 Å². The third-order valence-electron chi connectivity index (χ3n) is 6.04. The van der Waals surface area contributed by atoms with Gasteiger partial charge in [-0.3, -0.25) is 4.79 Å². The predicted octanol–water partition coefficient (Wildman–Crippen LogP) is 3.28. The summed E-state index contributed by atoms with van der Waals surface area (Å²) < 4.78 is 27.3. The molecule has 0 bridgehead atoms. The van der Waals surface area contributed by atoms with E-state index >= 15 is 0 Å². The van der Waals surface area contributed by atoms with E-state index in [0.29, 0.717) is 12.0 Å². The molecule has 1 fully saturated rings. The van der Waals surface area contributed by atoms with Gasteiger partial charge in [0.25, 0.3) is 0 Å². The van der Waals surface area contributed by atoms with Crippen molar-refractivity contribution in [2.75, 3.05) is 24.5 Å². The minimum Gasteiger partial charge on any atom is -0.369 e. The summed E-state index contributed by atoms with van der Waals surface area (Å²) >= 11 is 0. The van der Waals surface area contributed by atoms with Crippen molar-refractivity contribution in [3.05, 3.63) is 65.2 Å². The van der Waals surface area contributed by atoms with Crippen molar-refractivity contribution in [1.82, 2.24) is 4.90 Å². The van der Waals surface area contributed by atoms with Gasteiger partial charge in [-0.15, -0.1) is 0 Å². The molecule has 0 aliphatic carbocycles. The first-order valence-corrected chi connectivity index (χ1v) is 10.3. The predicted molar refractivity (Wildman–Crippen MR) is 110 cm³/mol. The molecule has 2 heterocycles. The molecule has 2 atom stereocenters. The van der Waals surface area contributed by atoms with Gasteiger partial charge in [0.2, 0.25) is 5.91 Å². The van der Waals surface area contributed by atoms with E-state index in [2.05, 4.69) is 4.90 Å². The summed E-state index contributed by atoms with van der Waals surface area (Å²) in [4.78, 5) is 17.1. The maximum atomic E-state index is 13.8. The second-order valence-corrected chi connectivity index (χ2v) is 8.11. The Morgan fingerprint density at radius 3 is 2.83 bits per heavy atom. The number of likely N-dealkylation sites (tertiary alicyclic amines) is 1. The van der Waals surface area contributed by atoms with Crippen LogP contribution in [0, 0.1) is 11.6 Å². The van der Waals surface area contributed by atoms with E-state index in [0.717, 1.165) is 50.1 Å². The summed E-state index contributed by atoms with van der Waals surface area (Å²) in [5.41, 5.74) is 8.82. The number of hydrogen-bond donors (Lipinski definition) is 1. The van der Waals surface area contributed by atoms with Gasteiger partial charge in [-0.05, 0) is 61.1 Å². The highest BCUT2D eigenvalue weighted by Gasteiger charge is 2.32. The van der Waals surface area contributed by atoms with Crippen LogP contribution in [0.5, 0.6) is 0 Å². The maximum absolute atomic E-state index is 13.8. The topological polar surface area (TPSA) is 49.6 Å². The molecule has 154 valence electrons. The Morgan fingerprint density at radius 2 is 2.00 bits per heavy atom. The standard InChI is InChI=1S/C23H27F2N3O/c24-18-7-8-22-17(12-18)9-11-27(22)15-20-5-3-10-28(20)23(29)14-19(26)13-16-4-1-2-6-21(16)25/h1-2,4,6-8,12,19-20H,3,5,9-11,13-15,26H2/t19-,20+/m1/s1. The number of hydrogen-bond acceptors (Lipinski definition) is 3. The van der Waals surface area contributed by atoms with Crippen molar-refractivity contribution in [3.8, 4) is 0 Å². The second kappa shape index (κ2) is 8.49. The molecule has 4 rings (SSSR count). The van der Waals surface area contributed by atoms with Crippen LogP contribution in [0.1, 0.15) is 30.4 Å². The molecule has 2 aliphatic heterocycles. The number of anilines is 1. The number of nitrogens with two attached hydrogens (primary N) is 1. The molecule has 2 aromatic carbocycles. The fraction of sp³-hybridized carbons (Fsp3) is 0.435. The van der Waals surface area contributed by atoms with Gasteiger partial charge in [-0.1, -0.05) is 18.2 Å². The van der Waals surface area contributed by atoms with Crippen molar-refractivity contribution >= 4 is 11.6 Å². The number of carbonyl (C=O) groups excluding carboxylic acids is 1. The second-order valence-electron chi connectivity index (χ2n) is 8.11. The van der Waals surface area contributed by atoms with Gasteiger partial charge in [-0.2, -0.15) is 0 Å². The highest BCUT2D eigenvalue weighted by atomic mass is 19.1. The van der Waals surface area contributed by atoms with Gasteiger partial charge in [0.1, 0.15) is 11.6 Å². The van der Waals surface area contributed by atoms with Gasteiger partial charge >= 0.3 is 0 Å². The maximum Gasteiger partial charge on any atom is 0.224 e. The van der Waals surface area contributed by atoms with Crippen molar-refractivity contribution in [3.63, 3.8) is 0 Å². The Bertz CT molecular complexity index is 888. The lowest BCUT2D eigenvalue weighted by Gasteiger charge is -2.31. The minimum atomic E-state index is -0.406. The molecule has 0 spiro atoms. The summed E-state index contributed by atoms with van der Waals surface area (Å²) in [7, 11) is 0. The highest BCUT2D eigenvalue weighted by molar-refractivity contribution is 5.77. The summed E-state index contributed by atoms with van der Waals surface area (Å²) in [5, 5.41) is 0. The number of carbonyl (C=O) groups is 1. The Hall–Kier alpha value is -2.47. The smallest absolute Gasteiger partial charge is 0.224 e. The normalized spacial score (nSPS) is 19.5. The number of rotatable bonds is 6. The largest absolute Gasteiger partial charge is 0.369 e. The number of nitrogens with zero attached hydrogens (tertiary/aromatic N) is 2. The van der Waals surface area contributed by atoms with Crippen LogP contribution < -0.4 is 10.6 Å². The first-order chi connectivity index (χ1) is 14.0. The van der Waals surface area contributed by atoms with E-state index in [9.17, 15) is 13.6 Å². The third-order valence-corrected chi connectivity index (χ3v) is 6.04. The van der Waals surface area contributed by atoms with E-state index in [1.165, 1.54) is 12.1 Å². The van der Waals surface area contributed by atoms with E-state index in [4.69, 9.17) is 5.73 Å². The molecular formula is C23H27F2N3O. The van der Waals surface area contributed by atoms with Crippen molar-refractivity contribution in [2.24, 2.45) is 5.73 Å². The SMILES string of the molecule is N[C@@H](CC(=O)N1CCC[C@H]1CN1CCc2cc(F)ccc21)Cc1ccccc1F. The summed E-state index contributed by atoms with van der Waals surface area (Å²) in [5.74, 6) is -0.444. The molecule has 1 saturated heterocycles. The molecule has 29 heavy (non-hydrogen) atoms. The van der Waals surface area contributed by atoms with Crippen LogP contribution in [-0.2, 0) is 17.6 Å². The average molecular weight is 399 g/mol. The van der Waals surface area contributed by atoms with E-state index in [-0.39, 0.29) is 30.0 Å². The Balaban J connectivity index is 1.36. The lowest BCUT2D eigenvalue weighted by Crippen LogP contribution is -2.44. The summed E-state index contributed by atoms with van der Waals surface area (Å²) in [6.07, 6.45) is 3.33. The fourth-order valence-corrected chi connectivity index (χ4v) is 4.60. The Kier molecular flexibility index (Phi) is 5.81. The van der Waals surface area contributed by atoms with Gasteiger partial charge in [-0.25, -0.2) is 8.78 Å². The number of amides is 1. The van der Waals surface area contributed by atoms with Gasteiger partial charge in [0.05, 0.1) is 0 Å². The highest BCUT2D eigenvalue weighted by Crippen LogP contribution is 2.30. The molecule has 0 saturated carbocycles. The van der Waals surface area contributed by atoms with Crippen LogP contribution in [0.2, 0.25) is 0 Å². The van der Waals surface area contributed by atoms with Gasteiger partial charge in [0, 0.05) is 43.8 Å². The molecule has 2 aliphatic rings. The third kappa shape index (κ3) is 4.42. The molecule has 2 aromatic rings. The molecule has 0 aromatic heterocycles. The van der Waals surface area contributed by atoms with Crippen LogP contribution in [0.3, 0.4) is 0 Å². The van der Waals surface area contributed by atoms with E-state index < -0.39 is 6.04 Å². The Labute approximate surface area is 170 Å². The van der Waals surface area contributed by atoms with Crippen LogP contribution in [0.15, 0.2) is 42.5 Å². The van der Waals surface area contributed by atoms with Crippen LogP contribution in [0.25, 0.3) is 0 Å². The lowest BCUT2D eigenvalue weighted by molar-refractivity contribution is -0.132. The van der Waals surface area contributed by atoms with E-state index in [1.807, 2.05) is 11.0 Å². The average Bonchev–Trinajstić information content (AvgIpc) is 3.31. The van der Waals surface area contributed by atoms with Crippen LogP contribution in [-0.4, -0.2) is 42.5 Å². The summed E-state index contributed by atoms with van der Waals surface area (Å²) in [6, 6.07) is 11.2. The number of halogens is 2. The molecule has 1 amide bonds. The zero-order chi connectivity index (χ0) is 20.4. The van der Waals surface area contributed by atoms with E-state index in [1.54, 1.807) is 24.3 Å². The van der Waals surface area contributed by atoms with Crippen LogP contribution >= 0.6 is 0 Å². The minimum absolute atomic E-state index is 0.0369. The first-order valence-electron chi connectivity index (χ1n) is 10.3. The zero-order valence-corrected chi connectivity index (χ0v) is 16.5. The molecule has 6 heteroatoms. The monoisotopic (exact) mass is 399 g/mol. The van der Waals surface area contributed by atoms with Gasteiger partial charge < -0.3 is 15.5 Å². The van der Waals surface area contributed by atoms with Crippen molar-refractivity contribution in [1.29, 1.82) is 0 Å². The Morgan fingerprint density at radius 1 is 1.17 bits per heavy atom. The zero-order valence-electron chi connectivity index (χ0n) is 16.5. The number of benzene rings is 2. The molecule has 4 nitrogen and oxygen atoms in total. The molecule has 0 radical (unpaired) electrons. The first kappa shape index (κ1) is 19.8. The van der Waals surface area contributed by atoms with Gasteiger partial charge in [0.15, 0.2) is 0 Å². The van der Waals surface area contributed by atoms with Crippen LogP contribution in [0.4, 0.5) is 14.5 Å². The lowest BCUT2D eigenvalue weighted by atomic mass is 10.0.